The van der Waals surface area contributed by atoms with Gasteiger partial charge in [0.1, 0.15) is 5.75 Å². The molecule has 0 spiro atoms. The van der Waals surface area contributed by atoms with Crippen LogP contribution in [-0.4, -0.2) is 7.11 Å². The van der Waals surface area contributed by atoms with Crippen molar-refractivity contribution in [1.29, 1.82) is 0 Å². The number of fused-ring (bicyclic) bond motifs is 1. The average molecular weight is 401 g/mol. The van der Waals surface area contributed by atoms with Crippen LogP contribution in [0.5, 0.6) is 5.75 Å². The van der Waals surface area contributed by atoms with Gasteiger partial charge in [0.05, 0.1) is 7.11 Å². The monoisotopic (exact) mass is 400 g/mol. The fourth-order valence-corrected chi connectivity index (χ4v) is 6.07. The number of benzene rings is 2. The van der Waals surface area contributed by atoms with Crippen molar-refractivity contribution in [1.82, 2.24) is 0 Å². The van der Waals surface area contributed by atoms with Gasteiger partial charge in [-0.05, 0) is 72.4 Å². The van der Waals surface area contributed by atoms with Crippen molar-refractivity contribution in [2.75, 3.05) is 7.11 Å². The van der Waals surface area contributed by atoms with Crippen molar-refractivity contribution < 1.29 is 4.74 Å². The van der Waals surface area contributed by atoms with Gasteiger partial charge in [0.2, 0.25) is 0 Å². The second-order valence-corrected chi connectivity index (χ2v) is 9.13. The van der Waals surface area contributed by atoms with Crippen molar-refractivity contribution in [2.45, 2.75) is 64.7 Å². The Hall–Kier alpha value is -2.28. The van der Waals surface area contributed by atoms with Gasteiger partial charge >= 0.3 is 0 Å². The zero-order chi connectivity index (χ0) is 21.0. The van der Waals surface area contributed by atoms with Gasteiger partial charge in [0.15, 0.2) is 0 Å². The largest absolute Gasteiger partial charge is 0.497 e. The maximum absolute atomic E-state index is 5.53. The van der Waals surface area contributed by atoms with Crippen LogP contribution in [0, 0.1) is 11.3 Å². The fraction of sp³-hybridized carbons (Fsp3) is 0.448. The second-order valence-electron chi connectivity index (χ2n) is 9.13. The lowest BCUT2D eigenvalue weighted by Crippen LogP contribution is -2.24. The zero-order valence-electron chi connectivity index (χ0n) is 18.8. The molecule has 4 rings (SSSR count). The van der Waals surface area contributed by atoms with Crippen molar-refractivity contribution >= 4 is 11.1 Å². The van der Waals surface area contributed by atoms with Gasteiger partial charge in [-0.25, -0.2) is 0 Å². The highest BCUT2D eigenvalue weighted by molar-refractivity contribution is 5.90. The molecule has 0 saturated heterocycles. The summed E-state index contributed by atoms with van der Waals surface area (Å²) in [6, 6.07) is 19.7. The van der Waals surface area contributed by atoms with Gasteiger partial charge in [-0.1, -0.05) is 87.2 Å². The van der Waals surface area contributed by atoms with Crippen LogP contribution >= 0.6 is 0 Å². The number of methoxy groups -OCH3 is 1. The Labute approximate surface area is 182 Å². The van der Waals surface area contributed by atoms with E-state index in [1.165, 1.54) is 74.5 Å². The number of hydrogen-bond donors (Lipinski definition) is 0. The lowest BCUT2D eigenvalue weighted by molar-refractivity contribution is 0.404. The molecule has 0 bridgehead atoms. The van der Waals surface area contributed by atoms with E-state index < -0.39 is 0 Å². The minimum atomic E-state index is 0.0772. The molecule has 1 saturated carbocycles. The maximum Gasteiger partial charge on any atom is 0.119 e. The van der Waals surface area contributed by atoms with Crippen molar-refractivity contribution in [3.8, 4) is 5.75 Å². The summed E-state index contributed by atoms with van der Waals surface area (Å²) in [5, 5.41) is 0. The van der Waals surface area contributed by atoms with Crippen LogP contribution in [-0.2, 0) is 0 Å². The van der Waals surface area contributed by atoms with Crippen molar-refractivity contribution in [3.05, 3.63) is 77.9 Å². The highest BCUT2D eigenvalue weighted by Crippen LogP contribution is 2.66. The summed E-state index contributed by atoms with van der Waals surface area (Å²) >= 11 is 0. The van der Waals surface area contributed by atoms with Crippen molar-refractivity contribution in [3.63, 3.8) is 0 Å². The molecule has 2 aliphatic rings. The highest BCUT2D eigenvalue weighted by atomic mass is 16.5. The molecule has 2 aromatic carbocycles. The number of allylic oxidation sites excluding steroid dienone is 3. The Morgan fingerprint density at radius 2 is 1.90 bits per heavy atom. The van der Waals surface area contributed by atoms with E-state index in [2.05, 4.69) is 55.5 Å². The van der Waals surface area contributed by atoms with E-state index in [0.29, 0.717) is 5.92 Å². The third-order valence-corrected chi connectivity index (χ3v) is 7.46. The Bertz CT molecular complexity index is 907. The molecular formula is C29H36O. The van der Waals surface area contributed by atoms with E-state index in [4.69, 9.17) is 11.3 Å². The molecule has 0 N–H and O–H groups in total. The summed E-state index contributed by atoms with van der Waals surface area (Å²) in [5.74, 6) is 1.61. The molecule has 1 fully saturated rings. The van der Waals surface area contributed by atoms with Crippen LogP contribution in [0.4, 0.5) is 0 Å². The van der Waals surface area contributed by atoms with Crippen LogP contribution in [0.3, 0.4) is 0 Å². The highest BCUT2D eigenvalue weighted by Gasteiger charge is 2.52. The molecule has 0 unspecified atom stereocenters. The number of ether oxygens (including phenoxy) is 1. The molecule has 0 aliphatic heterocycles. The van der Waals surface area contributed by atoms with Gasteiger partial charge in [0.25, 0.3) is 0 Å². The normalized spacial score (nSPS) is 22.9. The minimum Gasteiger partial charge on any atom is -0.497 e. The van der Waals surface area contributed by atoms with E-state index in [9.17, 15) is 0 Å². The summed E-state index contributed by atoms with van der Waals surface area (Å²) in [4.78, 5) is 0. The van der Waals surface area contributed by atoms with Gasteiger partial charge in [-0.3, -0.25) is 0 Å². The predicted octanol–water partition coefficient (Wildman–Crippen LogP) is 8.32. The lowest BCUT2D eigenvalue weighted by Gasteiger charge is -2.36. The average Bonchev–Trinajstić information content (AvgIpc) is 3.33. The van der Waals surface area contributed by atoms with E-state index in [-0.39, 0.29) is 5.41 Å². The first kappa shape index (κ1) is 21.0. The topological polar surface area (TPSA) is 9.23 Å². The summed E-state index contributed by atoms with van der Waals surface area (Å²) in [7, 11) is 1.75. The van der Waals surface area contributed by atoms with Crippen LogP contribution < -0.4 is 4.74 Å². The molecule has 0 aromatic heterocycles. The van der Waals surface area contributed by atoms with Crippen molar-refractivity contribution in [2.24, 2.45) is 11.3 Å². The lowest BCUT2D eigenvalue weighted by atomic mass is 9.66. The van der Waals surface area contributed by atoms with Gasteiger partial charge in [-0.15, -0.1) is 0 Å². The van der Waals surface area contributed by atoms with E-state index in [1.54, 1.807) is 18.3 Å². The Morgan fingerprint density at radius 1 is 1.07 bits per heavy atom. The molecule has 158 valence electrons. The molecule has 0 amide bonds. The second kappa shape index (κ2) is 9.25. The molecule has 0 heterocycles. The quantitative estimate of drug-likeness (QED) is 0.384. The van der Waals surface area contributed by atoms with Crippen LogP contribution in [0.1, 0.15) is 75.8 Å². The fourth-order valence-electron chi connectivity index (χ4n) is 6.07. The number of unbranched alkanes of at least 4 members (excludes halogenated alkanes) is 3. The standard InChI is InChI=1S/C29H36O/c1-4-5-6-8-15-25-20-26-17-12-19-29(26,28(25)23-13-9-7-10-14-23)22(2)24-16-11-18-27(21-24)30-3/h7,9-11,13-14,16,18,21,26H,2,4-6,8,12,15,17,19-20H2,1,3H3/t26-,29+/m1/s1. The summed E-state index contributed by atoms with van der Waals surface area (Å²) in [6.45, 7) is 7.04. The molecule has 2 aromatic rings. The molecule has 2 aliphatic carbocycles. The third kappa shape index (κ3) is 3.75. The smallest absolute Gasteiger partial charge is 0.119 e. The van der Waals surface area contributed by atoms with E-state index in [0.717, 1.165) is 5.75 Å². The van der Waals surface area contributed by atoms with E-state index >= 15 is 0 Å². The van der Waals surface area contributed by atoms with Crippen LogP contribution in [0.25, 0.3) is 11.1 Å². The maximum atomic E-state index is 5.53. The van der Waals surface area contributed by atoms with Crippen LogP contribution in [0.15, 0.2) is 66.7 Å². The Kier molecular flexibility index (Phi) is 6.46. The first-order valence-corrected chi connectivity index (χ1v) is 11.8. The molecule has 1 nitrogen and oxygen atoms in total. The molecule has 30 heavy (non-hydrogen) atoms. The van der Waals surface area contributed by atoms with Gasteiger partial charge < -0.3 is 4.74 Å². The SMILES string of the molecule is C=C(c1cccc(OC)c1)[C@@]12CCC[C@@H]1CC(CCCCCC)=C2c1ccccc1. The third-order valence-electron chi connectivity index (χ3n) is 7.46. The first-order chi connectivity index (χ1) is 14.7. The Balaban J connectivity index is 1.77. The van der Waals surface area contributed by atoms with E-state index in [1.807, 2.05) is 6.07 Å². The predicted molar refractivity (Wildman–Crippen MR) is 129 cm³/mol. The molecule has 2 atom stereocenters. The van der Waals surface area contributed by atoms with Gasteiger partial charge in [0, 0.05) is 5.41 Å². The summed E-state index contributed by atoms with van der Waals surface area (Å²) in [6.07, 6.45) is 11.6. The minimum absolute atomic E-state index is 0.0772. The molecular weight excluding hydrogens is 364 g/mol. The van der Waals surface area contributed by atoms with Gasteiger partial charge in [-0.2, -0.15) is 0 Å². The molecule has 0 radical (unpaired) electrons. The zero-order valence-corrected chi connectivity index (χ0v) is 18.8. The number of hydrogen-bond acceptors (Lipinski definition) is 1. The summed E-state index contributed by atoms with van der Waals surface area (Å²) in [5.41, 5.74) is 7.33. The first-order valence-electron chi connectivity index (χ1n) is 11.8. The number of rotatable bonds is 9. The molecule has 1 heteroatoms. The Morgan fingerprint density at radius 3 is 2.67 bits per heavy atom. The summed E-state index contributed by atoms with van der Waals surface area (Å²) < 4.78 is 5.53. The van der Waals surface area contributed by atoms with Crippen LogP contribution in [0.2, 0.25) is 0 Å².